The van der Waals surface area contributed by atoms with Crippen molar-refractivity contribution in [3.8, 4) is 5.69 Å². The molecule has 0 aliphatic rings. The lowest BCUT2D eigenvalue weighted by molar-refractivity contribution is -0.137. The molecule has 0 saturated carbocycles. The van der Waals surface area contributed by atoms with Crippen LogP contribution >= 0.6 is 0 Å². The summed E-state index contributed by atoms with van der Waals surface area (Å²) in [6.07, 6.45) is -4.12. The van der Waals surface area contributed by atoms with Crippen molar-refractivity contribution in [1.29, 1.82) is 0 Å². The number of benzene rings is 2. The maximum Gasteiger partial charge on any atom is 0.418 e. The van der Waals surface area contributed by atoms with Crippen molar-refractivity contribution < 1.29 is 22.8 Å². The van der Waals surface area contributed by atoms with Crippen LogP contribution in [0.5, 0.6) is 0 Å². The number of halogens is 3. The summed E-state index contributed by atoms with van der Waals surface area (Å²) in [5.74, 6) is -0.0699. The lowest BCUT2D eigenvalue weighted by Crippen LogP contribution is -2.41. The second-order valence-electron chi connectivity index (χ2n) is 9.86. The highest BCUT2D eigenvalue weighted by molar-refractivity contribution is 5.97. The summed E-state index contributed by atoms with van der Waals surface area (Å²) >= 11 is 0. The standard InChI is InChI=1S/C27H32F3N5O2/c1-6-15-34(25(37)31-21-10-8-7-9-20(21)27(28,29)30)17-24(36)32-23-16-22(26(3,4)5)33-35(23)19-13-11-18(2)12-14-19/h7-14,16H,6,15,17H2,1-5H3,(H,31,37)(H,32,36). The van der Waals surface area contributed by atoms with Crippen LogP contribution in [0.3, 0.4) is 0 Å². The largest absolute Gasteiger partial charge is 0.418 e. The van der Waals surface area contributed by atoms with Crippen LogP contribution in [0.4, 0.5) is 29.5 Å². The Morgan fingerprint density at radius 3 is 2.24 bits per heavy atom. The number of para-hydroxylation sites is 1. The zero-order chi connectivity index (χ0) is 27.4. The summed E-state index contributed by atoms with van der Waals surface area (Å²) < 4.78 is 41.7. The topological polar surface area (TPSA) is 79.3 Å². The summed E-state index contributed by atoms with van der Waals surface area (Å²) in [4.78, 5) is 27.1. The number of aryl methyl sites for hydroxylation is 1. The molecule has 0 atom stereocenters. The molecule has 0 bridgehead atoms. The highest BCUT2D eigenvalue weighted by Gasteiger charge is 2.34. The normalized spacial score (nSPS) is 11.8. The molecule has 2 aromatic carbocycles. The van der Waals surface area contributed by atoms with Crippen LogP contribution < -0.4 is 10.6 Å². The van der Waals surface area contributed by atoms with E-state index in [2.05, 4.69) is 15.7 Å². The van der Waals surface area contributed by atoms with Crippen LogP contribution in [-0.2, 0) is 16.4 Å². The minimum atomic E-state index is -4.63. The van der Waals surface area contributed by atoms with Crippen molar-refractivity contribution in [3.63, 3.8) is 0 Å². The fraction of sp³-hybridized carbons (Fsp3) is 0.370. The van der Waals surface area contributed by atoms with Gasteiger partial charge < -0.3 is 15.5 Å². The van der Waals surface area contributed by atoms with Crippen LogP contribution in [-0.4, -0.2) is 39.7 Å². The minimum Gasteiger partial charge on any atom is -0.315 e. The van der Waals surface area contributed by atoms with Gasteiger partial charge in [0.2, 0.25) is 5.91 Å². The highest BCUT2D eigenvalue weighted by atomic mass is 19.4. The fourth-order valence-corrected chi connectivity index (χ4v) is 3.63. The van der Waals surface area contributed by atoms with Crippen molar-refractivity contribution in [2.75, 3.05) is 23.7 Å². The van der Waals surface area contributed by atoms with Crippen molar-refractivity contribution in [2.45, 2.75) is 52.6 Å². The molecular formula is C27H32F3N5O2. The number of rotatable bonds is 7. The van der Waals surface area contributed by atoms with Crippen LogP contribution in [0.1, 0.15) is 50.9 Å². The van der Waals surface area contributed by atoms with E-state index in [0.717, 1.165) is 23.0 Å². The van der Waals surface area contributed by atoms with E-state index in [4.69, 9.17) is 0 Å². The average Bonchev–Trinajstić information content (AvgIpc) is 3.23. The quantitative estimate of drug-likeness (QED) is 0.383. The van der Waals surface area contributed by atoms with Gasteiger partial charge in [0.1, 0.15) is 12.4 Å². The zero-order valence-electron chi connectivity index (χ0n) is 21.6. The molecule has 198 valence electrons. The molecule has 10 heteroatoms. The van der Waals surface area contributed by atoms with Gasteiger partial charge in [-0.3, -0.25) is 4.79 Å². The zero-order valence-corrected chi connectivity index (χ0v) is 21.6. The van der Waals surface area contributed by atoms with Gasteiger partial charge in [0, 0.05) is 18.0 Å². The number of hydrogen-bond donors (Lipinski definition) is 2. The maximum absolute atomic E-state index is 13.3. The Morgan fingerprint density at radius 1 is 1.00 bits per heavy atom. The van der Waals surface area contributed by atoms with Crippen LogP contribution in [0, 0.1) is 6.92 Å². The number of anilines is 2. The number of alkyl halides is 3. The summed E-state index contributed by atoms with van der Waals surface area (Å²) in [5.41, 5.74) is 0.981. The first kappa shape index (κ1) is 27.8. The van der Waals surface area contributed by atoms with E-state index in [1.165, 1.54) is 23.1 Å². The summed E-state index contributed by atoms with van der Waals surface area (Å²) in [7, 11) is 0. The van der Waals surface area contributed by atoms with Gasteiger partial charge in [0.25, 0.3) is 0 Å². The Labute approximate surface area is 214 Å². The first-order valence-electron chi connectivity index (χ1n) is 12.0. The Bertz CT molecular complexity index is 1240. The SMILES string of the molecule is CCCN(CC(=O)Nc1cc(C(C)(C)C)nn1-c1ccc(C)cc1)C(=O)Nc1ccccc1C(F)(F)F. The van der Waals surface area contributed by atoms with Gasteiger partial charge in [0.15, 0.2) is 0 Å². The molecule has 0 radical (unpaired) electrons. The Balaban J connectivity index is 1.81. The Morgan fingerprint density at radius 2 is 1.65 bits per heavy atom. The minimum absolute atomic E-state index is 0.178. The van der Waals surface area contributed by atoms with E-state index in [1.807, 2.05) is 58.9 Å². The molecular weight excluding hydrogens is 483 g/mol. The molecule has 37 heavy (non-hydrogen) atoms. The Kier molecular flexibility index (Phi) is 8.30. The number of urea groups is 1. The van der Waals surface area contributed by atoms with Crippen LogP contribution in [0.25, 0.3) is 5.69 Å². The molecule has 3 amide bonds. The van der Waals surface area contributed by atoms with Crippen molar-refractivity contribution in [3.05, 3.63) is 71.4 Å². The Hall–Kier alpha value is -3.82. The van der Waals surface area contributed by atoms with Gasteiger partial charge in [-0.25, -0.2) is 9.48 Å². The van der Waals surface area contributed by atoms with Gasteiger partial charge in [-0.1, -0.05) is 57.5 Å². The van der Waals surface area contributed by atoms with E-state index < -0.39 is 23.7 Å². The smallest absolute Gasteiger partial charge is 0.315 e. The molecule has 3 rings (SSSR count). The molecule has 2 N–H and O–H groups in total. The van der Waals surface area contributed by atoms with E-state index in [9.17, 15) is 22.8 Å². The van der Waals surface area contributed by atoms with E-state index in [0.29, 0.717) is 12.2 Å². The molecule has 1 heterocycles. The predicted molar refractivity (Wildman–Crippen MR) is 138 cm³/mol. The van der Waals surface area contributed by atoms with Crippen LogP contribution in [0.2, 0.25) is 0 Å². The average molecular weight is 516 g/mol. The number of carbonyl (C=O) groups is 2. The van der Waals surface area contributed by atoms with Crippen molar-refractivity contribution >= 4 is 23.4 Å². The lowest BCUT2D eigenvalue weighted by atomic mass is 9.92. The number of hydrogen-bond acceptors (Lipinski definition) is 3. The summed E-state index contributed by atoms with van der Waals surface area (Å²) in [5, 5.41) is 9.80. The summed E-state index contributed by atoms with van der Waals surface area (Å²) in [6, 6.07) is 13.4. The van der Waals surface area contributed by atoms with Crippen molar-refractivity contribution in [2.24, 2.45) is 0 Å². The molecule has 3 aromatic rings. The monoisotopic (exact) mass is 515 g/mol. The number of amides is 3. The number of carbonyl (C=O) groups excluding carboxylic acids is 2. The molecule has 0 spiro atoms. The molecule has 0 fully saturated rings. The van der Waals surface area contributed by atoms with Crippen molar-refractivity contribution in [1.82, 2.24) is 14.7 Å². The third-order valence-electron chi connectivity index (χ3n) is 5.61. The molecule has 0 saturated heterocycles. The number of aromatic nitrogens is 2. The third kappa shape index (κ3) is 7.12. The first-order chi connectivity index (χ1) is 17.3. The molecule has 0 aliphatic carbocycles. The fourth-order valence-electron chi connectivity index (χ4n) is 3.63. The summed E-state index contributed by atoms with van der Waals surface area (Å²) in [6.45, 7) is 9.63. The second-order valence-corrected chi connectivity index (χ2v) is 9.86. The predicted octanol–water partition coefficient (Wildman–Crippen LogP) is 6.38. The number of nitrogens with zero attached hydrogens (tertiary/aromatic N) is 3. The molecule has 7 nitrogen and oxygen atoms in total. The maximum atomic E-state index is 13.3. The lowest BCUT2D eigenvalue weighted by Gasteiger charge is -2.23. The molecule has 1 aromatic heterocycles. The highest BCUT2D eigenvalue weighted by Crippen LogP contribution is 2.34. The van der Waals surface area contributed by atoms with Gasteiger partial charge in [-0.05, 0) is 37.6 Å². The first-order valence-corrected chi connectivity index (χ1v) is 12.0. The molecule has 0 unspecified atom stereocenters. The van der Waals surface area contributed by atoms with E-state index >= 15 is 0 Å². The second kappa shape index (κ2) is 11.1. The van der Waals surface area contributed by atoms with Gasteiger partial charge in [0.05, 0.1) is 22.6 Å². The number of nitrogens with one attached hydrogen (secondary N) is 2. The van der Waals surface area contributed by atoms with Gasteiger partial charge >= 0.3 is 12.2 Å². The van der Waals surface area contributed by atoms with Crippen LogP contribution in [0.15, 0.2) is 54.6 Å². The van der Waals surface area contributed by atoms with E-state index in [1.54, 1.807) is 10.7 Å². The third-order valence-corrected chi connectivity index (χ3v) is 5.61. The molecule has 0 aliphatic heterocycles. The van der Waals surface area contributed by atoms with E-state index in [-0.39, 0.29) is 24.2 Å². The van der Waals surface area contributed by atoms with Gasteiger partial charge in [-0.15, -0.1) is 0 Å². The van der Waals surface area contributed by atoms with Gasteiger partial charge in [-0.2, -0.15) is 18.3 Å².